The summed E-state index contributed by atoms with van der Waals surface area (Å²) in [5.41, 5.74) is 1.71. The molecule has 0 aromatic carbocycles. The average Bonchev–Trinajstić information content (AvgIpc) is 3.07. The van der Waals surface area contributed by atoms with Crippen LogP contribution < -0.4 is 0 Å². The summed E-state index contributed by atoms with van der Waals surface area (Å²) in [5, 5.41) is 22.6. The normalized spacial score (nSPS) is 11.1. The lowest BCUT2D eigenvalue weighted by atomic mass is 10.1. The minimum atomic E-state index is -1.03. The zero-order valence-electron chi connectivity index (χ0n) is 10.8. The van der Waals surface area contributed by atoms with Crippen molar-refractivity contribution in [1.82, 2.24) is 30.0 Å². The highest BCUT2D eigenvalue weighted by molar-refractivity contribution is 9.10. The zero-order chi connectivity index (χ0) is 14.8. The number of aromatic nitrogens is 6. The lowest BCUT2D eigenvalue weighted by Gasteiger charge is -2.05. The number of hydrogen-bond donors (Lipinski definition) is 2. The summed E-state index contributed by atoms with van der Waals surface area (Å²) in [6.45, 7) is 0. The van der Waals surface area contributed by atoms with Crippen LogP contribution in [0, 0.1) is 0 Å². The Bertz CT molecular complexity index is 783. The number of imidazole rings is 1. The van der Waals surface area contributed by atoms with Gasteiger partial charge in [-0.15, -0.1) is 5.10 Å². The number of tetrazole rings is 1. The van der Waals surface area contributed by atoms with Gasteiger partial charge < -0.3 is 9.51 Å². The maximum atomic E-state index is 10.9. The van der Waals surface area contributed by atoms with Gasteiger partial charge in [0.15, 0.2) is 5.69 Å². The van der Waals surface area contributed by atoms with Gasteiger partial charge in [-0.2, -0.15) is 0 Å². The molecule has 0 aliphatic heterocycles. The number of carboxylic acids is 1. The van der Waals surface area contributed by atoms with Gasteiger partial charge in [0.25, 0.3) is 0 Å². The van der Waals surface area contributed by atoms with Crippen molar-refractivity contribution in [3.63, 3.8) is 0 Å². The van der Waals surface area contributed by atoms with E-state index >= 15 is 0 Å². The van der Waals surface area contributed by atoms with Gasteiger partial charge in [0.1, 0.15) is 11.5 Å². The van der Waals surface area contributed by atoms with E-state index in [4.69, 9.17) is 5.11 Å². The van der Waals surface area contributed by atoms with Crippen molar-refractivity contribution < 1.29 is 9.90 Å². The van der Waals surface area contributed by atoms with Crippen LogP contribution in [-0.2, 0) is 12.8 Å². The van der Waals surface area contributed by atoms with Crippen molar-refractivity contribution in [2.24, 2.45) is 0 Å². The first-order valence-corrected chi connectivity index (χ1v) is 7.06. The number of rotatable bonds is 5. The second-order valence-electron chi connectivity index (χ2n) is 4.54. The van der Waals surface area contributed by atoms with E-state index in [-0.39, 0.29) is 5.69 Å². The molecule has 0 radical (unpaired) electrons. The van der Waals surface area contributed by atoms with Crippen molar-refractivity contribution in [2.75, 3.05) is 0 Å². The molecule has 0 unspecified atom stereocenters. The van der Waals surface area contributed by atoms with Crippen LogP contribution in [0.4, 0.5) is 0 Å². The lowest BCUT2D eigenvalue weighted by molar-refractivity contribution is 0.0691. The van der Waals surface area contributed by atoms with Crippen molar-refractivity contribution >= 4 is 27.5 Å². The summed E-state index contributed by atoms with van der Waals surface area (Å²) in [7, 11) is 0. The maximum absolute atomic E-state index is 10.9. The van der Waals surface area contributed by atoms with Crippen LogP contribution >= 0.6 is 15.9 Å². The van der Waals surface area contributed by atoms with Crippen molar-refractivity contribution in [2.45, 2.75) is 19.3 Å². The van der Waals surface area contributed by atoms with Gasteiger partial charge in [-0.3, -0.25) is 0 Å². The predicted octanol–water partition coefficient (Wildman–Crippen LogP) is 1.48. The third-order valence-electron chi connectivity index (χ3n) is 3.09. The van der Waals surface area contributed by atoms with Gasteiger partial charge in [-0.1, -0.05) is 15.9 Å². The number of aryl methyl sites for hydroxylation is 2. The Kier molecular flexibility index (Phi) is 3.65. The number of aromatic carboxylic acids is 1. The smallest absolute Gasteiger partial charge is 0.356 e. The highest BCUT2D eigenvalue weighted by atomic mass is 79.9. The number of halogens is 1. The quantitative estimate of drug-likeness (QED) is 0.721. The van der Waals surface area contributed by atoms with Crippen LogP contribution in [0.5, 0.6) is 0 Å². The molecule has 0 spiro atoms. The highest BCUT2D eigenvalue weighted by Crippen LogP contribution is 2.21. The molecule has 3 rings (SSSR count). The van der Waals surface area contributed by atoms with Gasteiger partial charge in [-0.05, 0) is 34.9 Å². The summed E-state index contributed by atoms with van der Waals surface area (Å²) in [5.74, 6) is -0.280. The van der Waals surface area contributed by atoms with E-state index in [1.807, 2.05) is 12.3 Å². The standard InChI is InChI=1S/C12H11BrN6O2/c13-8-4-11-14-9(12(20)21)6-19(11)5-7(8)2-1-3-10-15-17-18-16-10/h4-6H,1-3H2,(H,20,21)(H,15,16,17,18). The van der Waals surface area contributed by atoms with Crippen molar-refractivity contribution in [3.05, 3.63) is 40.0 Å². The second-order valence-corrected chi connectivity index (χ2v) is 5.40. The van der Waals surface area contributed by atoms with E-state index in [2.05, 4.69) is 41.5 Å². The van der Waals surface area contributed by atoms with Gasteiger partial charge in [0.05, 0.1) is 0 Å². The van der Waals surface area contributed by atoms with Gasteiger partial charge in [0.2, 0.25) is 0 Å². The number of pyridine rings is 1. The number of nitrogens with one attached hydrogen (secondary N) is 1. The number of aromatic amines is 1. The first-order valence-electron chi connectivity index (χ1n) is 6.26. The maximum Gasteiger partial charge on any atom is 0.356 e. The van der Waals surface area contributed by atoms with Crippen LogP contribution in [0.1, 0.15) is 28.3 Å². The van der Waals surface area contributed by atoms with E-state index in [0.717, 1.165) is 35.1 Å². The first-order chi connectivity index (χ1) is 10.1. The zero-order valence-corrected chi connectivity index (χ0v) is 12.4. The molecule has 0 aliphatic rings. The van der Waals surface area contributed by atoms with Crippen LogP contribution in [0.3, 0.4) is 0 Å². The van der Waals surface area contributed by atoms with E-state index in [9.17, 15) is 4.79 Å². The molecule has 3 aromatic heterocycles. The fraction of sp³-hybridized carbons (Fsp3) is 0.250. The predicted molar refractivity (Wildman–Crippen MR) is 76.1 cm³/mol. The summed E-state index contributed by atoms with van der Waals surface area (Å²) in [6, 6.07) is 1.82. The Morgan fingerprint density at radius 1 is 1.38 bits per heavy atom. The number of hydrogen-bond acceptors (Lipinski definition) is 5. The summed E-state index contributed by atoms with van der Waals surface area (Å²) >= 11 is 3.49. The molecular formula is C12H11BrN6O2. The Balaban J connectivity index is 1.78. The molecule has 0 atom stereocenters. The number of carbonyl (C=O) groups is 1. The number of nitrogens with zero attached hydrogens (tertiary/aromatic N) is 5. The fourth-order valence-corrected chi connectivity index (χ4v) is 2.58. The SMILES string of the molecule is O=C(O)c1cn2cc(CCCc3nnn[nH]3)c(Br)cc2n1. The van der Waals surface area contributed by atoms with Crippen molar-refractivity contribution in [3.8, 4) is 0 Å². The Morgan fingerprint density at radius 3 is 2.95 bits per heavy atom. The highest BCUT2D eigenvalue weighted by Gasteiger charge is 2.11. The third-order valence-corrected chi connectivity index (χ3v) is 3.82. The molecule has 2 N–H and O–H groups in total. The average molecular weight is 351 g/mol. The molecule has 3 aromatic rings. The van der Waals surface area contributed by atoms with E-state index in [1.165, 1.54) is 6.20 Å². The monoisotopic (exact) mass is 350 g/mol. The van der Waals surface area contributed by atoms with E-state index < -0.39 is 5.97 Å². The molecule has 0 fully saturated rings. The summed E-state index contributed by atoms with van der Waals surface area (Å²) in [4.78, 5) is 15.0. The van der Waals surface area contributed by atoms with Gasteiger partial charge in [0, 0.05) is 23.3 Å². The fourth-order valence-electron chi connectivity index (χ4n) is 2.07. The number of fused-ring (bicyclic) bond motifs is 1. The molecule has 0 amide bonds. The Labute approximate surface area is 127 Å². The molecule has 9 heteroatoms. The molecule has 0 bridgehead atoms. The summed E-state index contributed by atoms with van der Waals surface area (Å²) < 4.78 is 2.63. The summed E-state index contributed by atoms with van der Waals surface area (Å²) in [6.07, 6.45) is 5.84. The molecule has 0 saturated carbocycles. The van der Waals surface area contributed by atoms with Crippen LogP contribution in [-0.4, -0.2) is 41.1 Å². The largest absolute Gasteiger partial charge is 0.476 e. The minimum absolute atomic E-state index is 0.0341. The first kappa shape index (κ1) is 13.7. The second kappa shape index (κ2) is 5.60. The molecule has 0 aliphatic carbocycles. The molecule has 0 saturated heterocycles. The van der Waals surface area contributed by atoms with E-state index in [1.54, 1.807) is 4.40 Å². The van der Waals surface area contributed by atoms with Crippen LogP contribution in [0.25, 0.3) is 5.65 Å². The van der Waals surface area contributed by atoms with Gasteiger partial charge >= 0.3 is 5.97 Å². The molecular weight excluding hydrogens is 340 g/mol. The number of H-pyrrole nitrogens is 1. The van der Waals surface area contributed by atoms with Crippen LogP contribution in [0.15, 0.2) is 22.9 Å². The molecule has 108 valence electrons. The van der Waals surface area contributed by atoms with Gasteiger partial charge in [-0.25, -0.2) is 14.9 Å². The Hall–Kier alpha value is -2.29. The molecule has 3 heterocycles. The molecule has 21 heavy (non-hydrogen) atoms. The van der Waals surface area contributed by atoms with Crippen molar-refractivity contribution in [1.29, 1.82) is 0 Å². The van der Waals surface area contributed by atoms with E-state index in [0.29, 0.717) is 5.65 Å². The third kappa shape index (κ3) is 2.92. The molecule has 8 nitrogen and oxygen atoms in total. The minimum Gasteiger partial charge on any atom is -0.476 e. The van der Waals surface area contributed by atoms with Crippen LogP contribution in [0.2, 0.25) is 0 Å². The lowest BCUT2D eigenvalue weighted by Crippen LogP contribution is -1.96. The number of carboxylic acid groups (broad SMARTS) is 1. The topological polar surface area (TPSA) is 109 Å². The Morgan fingerprint density at radius 2 is 2.24 bits per heavy atom.